The largest absolute Gasteiger partial charge is 0.493 e. The number of halogens is 1. The van der Waals surface area contributed by atoms with E-state index in [0.717, 1.165) is 60.3 Å². The van der Waals surface area contributed by atoms with E-state index in [1.54, 1.807) is 7.11 Å². The van der Waals surface area contributed by atoms with Crippen molar-refractivity contribution in [3.05, 3.63) is 23.4 Å². The molecule has 2 aromatic rings. The second kappa shape index (κ2) is 8.95. The number of fused-ring (bicyclic) bond motifs is 2. The van der Waals surface area contributed by atoms with Gasteiger partial charge in [0.1, 0.15) is 6.67 Å². The van der Waals surface area contributed by atoms with Gasteiger partial charge in [-0.05, 0) is 63.2 Å². The lowest BCUT2D eigenvalue weighted by molar-refractivity contribution is 0.254. The van der Waals surface area contributed by atoms with E-state index in [0.29, 0.717) is 18.9 Å². The first kappa shape index (κ1) is 19.2. The summed E-state index contributed by atoms with van der Waals surface area (Å²) in [5.41, 5.74) is 4.24. The Bertz CT molecular complexity index is 821. The molecular formula is C22H30FN3O2. The molecule has 0 amide bonds. The summed E-state index contributed by atoms with van der Waals surface area (Å²) in [6, 6.07) is 3.96. The Kier molecular flexibility index (Phi) is 6.15. The zero-order valence-electron chi connectivity index (χ0n) is 16.7. The fourth-order valence-corrected chi connectivity index (χ4v) is 4.39. The van der Waals surface area contributed by atoms with E-state index in [4.69, 9.17) is 14.5 Å². The Hall–Kier alpha value is -2.08. The van der Waals surface area contributed by atoms with Crippen LogP contribution in [0, 0.1) is 0 Å². The average Bonchev–Trinajstić information content (AvgIpc) is 3.39. The van der Waals surface area contributed by atoms with Crippen LogP contribution in [-0.2, 0) is 12.8 Å². The monoisotopic (exact) mass is 387 g/mol. The first-order valence-electron chi connectivity index (χ1n) is 10.5. The van der Waals surface area contributed by atoms with E-state index < -0.39 is 6.67 Å². The molecule has 5 nitrogen and oxygen atoms in total. The third-order valence-electron chi connectivity index (χ3n) is 5.77. The van der Waals surface area contributed by atoms with Gasteiger partial charge < -0.3 is 19.7 Å². The smallest absolute Gasteiger partial charge is 0.163 e. The van der Waals surface area contributed by atoms with Gasteiger partial charge in [0.2, 0.25) is 0 Å². The average molecular weight is 387 g/mol. The Morgan fingerprint density at radius 2 is 2.00 bits per heavy atom. The number of aryl methyl sites for hydroxylation is 1. The number of likely N-dealkylation sites (tertiary alicyclic amines) is 1. The zero-order valence-corrected chi connectivity index (χ0v) is 16.7. The second-order valence-corrected chi connectivity index (χ2v) is 7.65. The van der Waals surface area contributed by atoms with Gasteiger partial charge >= 0.3 is 0 Å². The Morgan fingerprint density at radius 3 is 2.79 bits per heavy atom. The minimum absolute atomic E-state index is 0.308. The predicted octanol–water partition coefficient (Wildman–Crippen LogP) is 3.98. The van der Waals surface area contributed by atoms with Crippen molar-refractivity contribution in [1.29, 1.82) is 0 Å². The summed E-state index contributed by atoms with van der Waals surface area (Å²) in [5.74, 6) is 1.44. The summed E-state index contributed by atoms with van der Waals surface area (Å²) in [7, 11) is 1.66. The SMILES string of the molecule is COc1cc2c(NCCF)c3c(nc2cc1OCCCN1CCCC1)CCC3. The maximum atomic E-state index is 12.8. The highest BCUT2D eigenvalue weighted by molar-refractivity contribution is 5.96. The van der Waals surface area contributed by atoms with Gasteiger partial charge in [0.15, 0.2) is 11.5 Å². The summed E-state index contributed by atoms with van der Waals surface area (Å²) in [6.45, 7) is 4.08. The molecule has 4 rings (SSSR count). The molecule has 0 atom stereocenters. The fourth-order valence-electron chi connectivity index (χ4n) is 4.39. The zero-order chi connectivity index (χ0) is 19.3. The lowest BCUT2D eigenvalue weighted by Crippen LogP contribution is -2.21. The summed E-state index contributed by atoms with van der Waals surface area (Å²) >= 11 is 0. The molecule has 0 bridgehead atoms. The Morgan fingerprint density at radius 1 is 1.14 bits per heavy atom. The van der Waals surface area contributed by atoms with E-state index in [9.17, 15) is 4.39 Å². The molecule has 28 heavy (non-hydrogen) atoms. The van der Waals surface area contributed by atoms with Gasteiger partial charge in [-0.3, -0.25) is 4.98 Å². The number of hydrogen-bond donors (Lipinski definition) is 1. The van der Waals surface area contributed by atoms with Gasteiger partial charge in [0.25, 0.3) is 0 Å². The maximum Gasteiger partial charge on any atom is 0.163 e. The third kappa shape index (κ3) is 4.02. The number of benzene rings is 1. The van der Waals surface area contributed by atoms with Crippen LogP contribution >= 0.6 is 0 Å². The van der Waals surface area contributed by atoms with Gasteiger partial charge in [-0.15, -0.1) is 0 Å². The van der Waals surface area contributed by atoms with Gasteiger partial charge in [-0.25, -0.2) is 4.39 Å². The molecule has 1 saturated heterocycles. The van der Waals surface area contributed by atoms with Crippen LogP contribution in [0.1, 0.15) is 36.9 Å². The molecule has 2 heterocycles. The minimum atomic E-state index is -0.395. The lowest BCUT2D eigenvalue weighted by atomic mass is 10.1. The van der Waals surface area contributed by atoms with Crippen molar-refractivity contribution < 1.29 is 13.9 Å². The van der Waals surface area contributed by atoms with Crippen LogP contribution in [0.2, 0.25) is 0 Å². The number of ether oxygens (including phenoxy) is 2. The van der Waals surface area contributed by atoms with Crippen molar-refractivity contribution in [3.8, 4) is 11.5 Å². The summed E-state index contributed by atoms with van der Waals surface area (Å²) in [5, 5.41) is 4.26. The molecule has 0 saturated carbocycles. The molecule has 0 unspecified atom stereocenters. The summed E-state index contributed by atoms with van der Waals surface area (Å²) < 4.78 is 24.5. The third-order valence-corrected chi connectivity index (χ3v) is 5.77. The molecule has 1 aromatic heterocycles. The Labute approximate surface area is 166 Å². The highest BCUT2D eigenvalue weighted by Gasteiger charge is 2.21. The van der Waals surface area contributed by atoms with Crippen molar-refractivity contribution in [3.63, 3.8) is 0 Å². The quantitative estimate of drug-likeness (QED) is 0.660. The summed E-state index contributed by atoms with van der Waals surface area (Å²) in [4.78, 5) is 7.37. The lowest BCUT2D eigenvalue weighted by Gasteiger charge is -2.18. The number of rotatable bonds is 9. The number of alkyl halides is 1. The van der Waals surface area contributed by atoms with Gasteiger partial charge in [0.05, 0.1) is 19.2 Å². The molecule has 6 heteroatoms. The first-order valence-corrected chi connectivity index (χ1v) is 10.5. The van der Waals surface area contributed by atoms with Crippen molar-refractivity contribution in [2.45, 2.75) is 38.5 Å². The van der Waals surface area contributed by atoms with Gasteiger partial charge in [-0.2, -0.15) is 0 Å². The molecule has 1 aliphatic carbocycles. The van der Waals surface area contributed by atoms with Crippen molar-refractivity contribution >= 4 is 16.6 Å². The molecular weight excluding hydrogens is 357 g/mol. The van der Waals surface area contributed by atoms with Crippen LogP contribution < -0.4 is 14.8 Å². The molecule has 0 radical (unpaired) electrons. The minimum Gasteiger partial charge on any atom is -0.493 e. The molecule has 1 aromatic carbocycles. The predicted molar refractivity (Wildman–Crippen MR) is 111 cm³/mol. The standard InChI is InChI=1S/C22H30FN3O2/c1-27-20-14-17-19(15-21(20)28-13-5-12-26-10-2-3-11-26)25-18-7-4-6-16(18)22(17)24-9-8-23/h14-15H,2-13H2,1H3,(H,24,25). The highest BCUT2D eigenvalue weighted by Crippen LogP contribution is 2.39. The number of nitrogens with zero attached hydrogens (tertiary/aromatic N) is 2. The van der Waals surface area contributed by atoms with Crippen LogP contribution in [0.4, 0.5) is 10.1 Å². The van der Waals surface area contributed by atoms with Gasteiger partial charge in [0, 0.05) is 35.9 Å². The number of methoxy groups -OCH3 is 1. The number of pyridine rings is 1. The second-order valence-electron chi connectivity index (χ2n) is 7.65. The van der Waals surface area contributed by atoms with E-state index in [1.165, 1.54) is 31.5 Å². The molecule has 1 aliphatic heterocycles. The molecule has 1 N–H and O–H groups in total. The van der Waals surface area contributed by atoms with E-state index in [-0.39, 0.29) is 0 Å². The first-order chi connectivity index (χ1) is 13.8. The molecule has 0 spiro atoms. The molecule has 2 aliphatic rings. The molecule has 152 valence electrons. The van der Waals surface area contributed by atoms with E-state index in [2.05, 4.69) is 10.2 Å². The van der Waals surface area contributed by atoms with Crippen LogP contribution in [0.15, 0.2) is 12.1 Å². The topological polar surface area (TPSA) is 46.6 Å². The normalized spacial score (nSPS) is 16.5. The Balaban J connectivity index is 1.56. The highest BCUT2D eigenvalue weighted by atomic mass is 19.1. The van der Waals surface area contributed by atoms with Crippen LogP contribution in [0.5, 0.6) is 11.5 Å². The number of aromatic nitrogens is 1. The number of hydrogen-bond acceptors (Lipinski definition) is 5. The van der Waals surface area contributed by atoms with E-state index >= 15 is 0 Å². The van der Waals surface area contributed by atoms with E-state index in [1.807, 2.05) is 12.1 Å². The number of nitrogens with one attached hydrogen (secondary N) is 1. The van der Waals surface area contributed by atoms with Gasteiger partial charge in [-0.1, -0.05) is 0 Å². The van der Waals surface area contributed by atoms with Crippen molar-refractivity contribution in [2.75, 3.05) is 51.9 Å². The van der Waals surface area contributed by atoms with Crippen LogP contribution in [0.25, 0.3) is 10.9 Å². The van der Waals surface area contributed by atoms with Crippen molar-refractivity contribution in [1.82, 2.24) is 9.88 Å². The van der Waals surface area contributed by atoms with Crippen molar-refractivity contribution in [2.24, 2.45) is 0 Å². The molecule has 1 fully saturated rings. The number of anilines is 1. The maximum absolute atomic E-state index is 12.8. The van der Waals surface area contributed by atoms with Crippen LogP contribution in [-0.4, -0.2) is 56.5 Å². The fraction of sp³-hybridized carbons (Fsp3) is 0.591. The summed E-state index contributed by atoms with van der Waals surface area (Å²) in [6.07, 6.45) is 6.70. The van der Waals surface area contributed by atoms with Crippen LogP contribution in [0.3, 0.4) is 0 Å².